The topological polar surface area (TPSA) is 29.5 Å². The van der Waals surface area contributed by atoms with Gasteiger partial charge in [-0.25, -0.2) is 0 Å². The number of rotatable bonds is 5. The molecule has 0 saturated heterocycles. The fourth-order valence-electron chi connectivity index (χ4n) is 2.34. The molecule has 0 heterocycles. The van der Waals surface area contributed by atoms with E-state index in [1.807, 2.05) is 31.2 Å². The molecule has 2 aromatic rings. The van der Waals surface area contributed by atoms with Crippen LogP contribution in [0.15, 0.2) is 48.5 Å². The summed E-state index contributed by atoms with van der Waals surface area (Å²) in [5.74, 6) is 0.803. The highest BCUT2D eigenvalue weighted by molar-refractivity contribution is 5.32. The number of methoxy groups -OCH3 is 1. The minimum Gasteiger partial charge on any atom is -0.497 e. The van der Waals surface area contributed by atoms with Crippen molar-refractivity contribution >= 4 is 0 Å². The molecule has 1 unspecified atom stereocenters. The second-order valence-corrected chi connectivity index (χ2v) is 5.35. The lowest BCUT2D eigenvalue weighted by Crippen LogP contribution is -2.24. The Balaban J connectivity index is 2.15. The molecule has 0 fully saturated rings. The maximum Gasteiger partial charge on any atom is 0.118 e. The van der Waals surface area contributed by atoms with Crippen molar-refractivity contribution in [2.24, 2.45) is 0 Å². The van der Waals surface area contributed by atoms with Crippen LogP contribution in [0.1, 0.15) is 30.5 Å². The Morgan fingerprint density at radius 1 is 0.950 bits per heavy atom. The molecule has 0 radical (unpaired) electrons. The summed E-state index contributed by atoms with van der Waals surface area (Å²) in [7, 11) is 1.64. The molecular weight excluding hydrogens is 248 g/mol. The molecule has 0 bridgehead atoms. The van der Waals surface area contributed by atoms with E-state index >= 15 is 0 Å². The predicted molar refractivity (Wildman–Crippen MR) is 82.1 cm³/mol. The van der Waals surface area contributed by atoms with Crippen molar-refractivity contribution in [1.82, 2.24) is 0 Å². The van der Waals surface area contributed by atoms with E-state index in [-0.39, 0.29) is 0 Å². The lowest BCUT2D eigenvalue weighted by atomic mass is 9.89. The molecule has 2 heteroatoms. The normalized spacial score (nSPS) is 13.8. The zero-order chi connectivity index (χ0) is 14.6. The molecule has 1 atom stereocenters. The molecule has 2 nitrogen and oxygen atoms in total. The number of ether oxygens (including phenoxy) is 1. The van der Waals surface area contributed by atoms with Crippen LogP contribution in [0.3, 0.4) is 0 Å². The third-order valence-corrected chi connectivity index (χ3v) is 3.69. The molecule has 0 aliphatic carbocycles. The van der Waals surface area contributed by atoms with Crippen LogP contribution < -0.4 is 4.74 Å². The fraction of sp³-hybridized carbons (Fsp3) is 0.333. The van der Waals surface area contributed by atoms with Gasteiger partial charge in [-0.05, 0) is 42.2 Å². The summed E-state index contributed by atoms with van der Waals surface area (Å²) in [6.07, 6.45) is 1.64. The molecule has 0 saturated carbocycles. The van der Waals surface area contributed by atoms with Gasteiger partial charge in [0.15, 0.2) is 0 Å². The van der Waals surface area contributed by atoms with Crippen molar-refractivity contribution in [1.29, 1.82) is 0 Å². The van der Waals surface area contributed by atoms with Crippen LogP contribution in [-0.4, -0.2) is 12.2 Å². The van der Waals surface area contributed by atoms with Crippen molar-refractivity contribution in [2.45, 2.75) is 32.3 Å². The van der Waals surface area contributed by atoms with Gasteiger partial charge >= 0.3 is 0 Å². The second kappa shape index (κ2) is 6.10. The number of benzene rings is 2. The van der Waals surface area contributed by atoms with Gasteiger partial charge in [0.2, 0.25) is 0 Å². The summed E-state index contributed by atoms with van der Waals surface area (Å²) >= 11 is 0. The van der Waals surface area contributed by atoms with Crippen LogP contribution in [0.25, 0.3) is 0 Å². The quantitative estimate of drug-likeness (QED) is 0.897. The Kier molecular flexibility index (Phi) is 4.46. The van der Waals surface area contributed by atoms with E-state index in [0.29, 0.717) is 6.42 Å². The van der Waals surface area contributed by atoms with E-state index in [9.17, 15) is 5.11 Å². The first-order valence-corrected chi connectivity index (χ1v) is 7.00. The third kappa shape index (κ3) is 3.40. The number of hydrogen-bond donors (Lipinski definition) is 1. The number of hydrogen-bond acceptors (Lipinski definition) is 2. The van der Waals surface area contributed by atoms with Crippen molar-refractivity contribution in [3.8, 4) is 5.75 Å². The Bertz CT molecular complexity index is 539. The summed E-state index contributed by atoms with van der Waals surface area (Å²) in [6.45, 7) is 3.99. The average molecular weight is 270 g/mol. The van der Waals surface area contributed by atoms with Gasteiger partial charge in [-0.2, -0.15) is 0 Å². The Morgan fingerprint density at radius 3 is 2.00 bits per heavy atom. The summed E-state index contributed by atoms with van der Waals surface area (Å²) in [5.41, 5.74) is 2.48. The van der Waals surface area contributed by atoms with Gasteiger partial charge in [0.1, 0.15) is 5.75 Å². The molecule has 1 N–H and O–H groups in total. The molecular formula is C18H22O2. The van der Waals surface area contributed by atoms with Crippen molar-refractivity contribution in [2.75, 3.05) is 7.11 Å². The number of aryl methyl sites for hydroxylation is 1. The Hall–Kier alpha value is -1.80. The summed E-state index contributed by atoms with van der Waals surface area (Å²) < 4.78 is 5.14. The van der Waals surface area contributed by atoms with Gasteiger partial charge in [0.25, 0.3) is 0 Å². The van der Waals surface area contributed by atoms with Crippen LogP contribution in [0.2, 0.25) is 0 Å². The van der Waals surface area contributed by atoms with E-state index in [2.05, 4.69) is 31.2 Å². The minimum absolute atomic E-state index is 0.601. The van der Waals surface area contributed by atoms with Gasteiger partial charge in [-0.3, -0.25) is 0 Å². The van der Waals surface area contributed by atoms with Crippen LogP contribution >= 0.6 is 0 Å². The first-order chi connectivity index (χ1) is 9.55. The zero-order valence-electron chi connectivity index (χ0n) is 12.4. The van der Waals surface area contributed by atoms with E-state index in [0.717, 1.165) is 23.3 Å². The second-order valence-electron chi connectivity index (χ2n) is 5.35. The first-order valence-electron chi connectivity index (χ1n) is 7.00. The zero-order valence-corrected chi connectivity index (χ0v) is 12.4. The van der Waals surface area contributed by atoms with Crippen LogP contribution in [0, 0.1) is 0 Å². The SMILES string of the molecule is CCc1ccc(CC(C)(O)c2ccc(OC)cc2)cc1. The monoisotopic (exact) mass is 270 g/mol. The molecule has 2 aromatic carbocycles. The minimum atomic E-state index is -0.875. The molecule has 0 amide bonds. The van der Waals surface area contributed by atoms with Crippen LogP contribution in [-0.2, 0) is 18.4 Å². The van der Waals surface area contributed by atoms with Crippen molar-refractivity contribution in [3.05, 3.63) is 65.2 Å². The van der Waals surface area contributed by atoms with Crippen LogP contribution in [0.4, 0.5) is 0 Å². The maximum absolute atomic E-state index is 10.7. The third-order valence-electron chi connectivity index (χ3n) is 3.69. The highest BCUT2D eigenvalue weighted by Gasteiger charge is 2.23. The first kappa shape index (κ1) is 14.6. The van der Waals surface area contributed by atoms with E-state index in [1.165, 1.54) is 5.56 Å². The lowest BCUT2D eigenvalue weighted by molar-refractivity contribution is 0.0576. The molecule has 2 rings (SSSR count). The van der Waals surface area contributed by atoms with E-state index < -0.39 is 5.60 Å². The summed E-state index contributed by atoms with van der Waals surface area (Å²) in [4.78, 5) is 0. The molecule has 0 aliphatic heterocycles. The Morgan fingerprint density at radius 2 is 1.50 bits per heavy atom. The maximum atomic E-state index is 10.7. The summed E-state index contributed by atoms with van der Waals surface area (Å²) in [5, 5.41) is 10.7. The largest absolute Gasteiger partial charge is 0.497 e. The molecule has 20 heavy (non-hydrogen) atoms. The molecule has 0 spiro atoms. The van der Waals surface area contributed by atoms with Gasteiger partial charge in [-0.15, -0.1) is 0 Å². The summed E-state index contributed by atoms with van der Waals surface area (Å²) in [6, 6.07) is 16.0. The van der Waals surface area contributed by atoms with Gasteiger partial charge in [0.05, 0.1) is 12.7 Å². The van der Waals surface area contributed by atoms with Crippen molar-refractivity contribution in [3.63, 3.8) is 0 Å². The lowest BCUT2D eigenvalue weighted by Gasteiger charge is -2.24. The van der Waals surface area contributed by atoms with E-state index in [1.54, 1.807) is 7.11 Å². The van der Waals surface area contributed by atoms with Crippen molar-refractivity contribution < 1.29 is 9.84 Å². The smallest absolute Gasteiger partial charge is 0.118 e. The molecule has 106 valence electrons. The highest BCUT2D eigenvalue weighted by atomic mass is 16.5. The highest BCUT2D eigenvalue weighted by Crippen LogP contribution is 2.27. The Labute approximate surface area is 121 Å². The van der Waals surface area contributed by atoms with E-state index in [4.69, 9.17) is 4.74 Å². The average Bonchev–Trinajstić information content (AvgIpc) is 2.48. The molecule has 0 aliphatic rings. The fourth-order valence-corrected chi connectivity index (χ4v) is 2.34. The van der Waals surface area contributed by atoms with Gasteiger partial charge in [0, 0.05) is 6.42 Å². The standard InChI is InChI=1S/C18H22O2/c1-4-14-5-7-15(8-6-14)13-18(2,19)16-9-11-17(20-3)12-10-16/h5-12,19H,4,13H2,1-3H3. The predicted octanol–water partition coefficient (Wildman–Crippen LogP) is 3.71. The van der Waals surface area contributed by atoms with Gasteiger partial charge in [-0.1, -0.05) is 43.3 Å². The van der Waals surface area contributed by atoms with Crippen LogP contribution in [0.5, 0.6) is 5.75 Å². The molecule has 0 aromatic heterocycles. The number of aliphatic hydroxyl groups is 1. The van der Waals surface area contributed by atoms with Gasteiger partial charge < -0.3 is 9.84 Å².